The Morgan fingerprint density at radius 1 is 1.33 bits per heavy atom. The number of aliphatic hydroxyl groups is 1. The number of hydrogen-bond acceptors (Lipinski definition) is 3. The fourth-order valence-electron chi connectivity index (χ4n) is 2.40. The van der Waals surface area contributed by atoms with Crippen LogP contribution < -0.4 is 5.32 Å². The number of nitrogens with one attached hydrogen (secondary N) is 1. The van der Waals surface area contributed by atoms with Crippen LogP contribution in [0.5, 0.6) is 0 Å². The van der Waals surface area contributed by atoms with Crippen LogP contribution in [0.15, 0.2) is 24.3 Å². The lowest BCUT2D eigenvalue weighted by molar-refractivity contribution is 0.0425. The molecule has 1 atom stereocenters. The van der Waals surface area contributed by atoms with E-state index in [-0.39, 0.29) is 18.2 Å². The fraction of sp³-hybridized carbons (Fsp3) is 0.600. The molecule has 1 aromatic carbocycles. The van der Waals surface area contributed by atoms with Gasteiger partial charge in [-0.15, -0.1) is 0 Å². The number of benzene rings is 1. The predicted octanol–water partition coefficient (Wildman–Crippen LogP) is 1.54. The maximum absolute atomic E-state index is 9.29. The molecule has 0 aromatic heterocycles. The van der Waals surface area contributed by atoms with Crippen LogP contribution in [0.3, 0.4) is 0 Å². The largest absolute Gasteiger partial charge is 0.395 e. The number of aryl methyl sites for hydroxylation is 1. The van der Waals surface area contributed by atoms with Crippen LogP contribution >= 0.6 is 0 Å². The zero-order chi connectivity index (χ0) is 13.2. The first-order valence-electron chi connectivity index (χ1n) is 6.66. The Bertz CT molecular complexity index is 386. The average Bonchev–Trinajstić information content (AvgIpc) is 2.34. The molecule has 100 valence electrons. The van der Waals surface area contributed by atoms with Crippen molar-refractivity contribution < 1.29 is 5.11 Å². The predicted molar refractivity (Wildman–Crippen MR) is 74.5 cm³/mol. The molecule has 3 nitrogen and oxygen atoms in total. The van der Waals surface area contributed by atoms with Gasteiger partial charge in [-0.05, 0) is 26.3 Å². The molecule has 18 heavy (non-hydrogen) atoms. The zero-order valence-corrected chi connectivity index (χ0v) is 11.6. The Kier molecular flexibility index (Phi) is 4.05. The second-order valence-electron chi connectivity index (χ2n) is 5.94. The molecular formula is C15H24N2O. The van der Waals surface area contributed by atoms with Gasteiger partial charge in [0.05, 0.1) is 6.61 Å². The molecule has 1 aliphatic heterocycles. The van der Waals surface area contributed by atoms with Crippen molar-refractivity contribution in [2.24, 2.45) is 0 Å². The number of nitrogens with zero attached hydrogens (tertiary/aromatic N) is 1. The van der Waals surface area contributed by atoms with Crippen molar-refractivity contribution in [2.45, 2.75) is 38.9 Å². The lowest BCUT2D eigenvalue weighted by Crippen LogP contribution is -2.62. The summed E-state index contributed by atoms with van der Waals surface area (Å²) in [5, 5.41) is 12.7. The summed E-state index contributed by atoms with van der Waals surface area (Å²) in [6.07, 6.45) is 0. The van der Waals surface area contributed by atoms with Crippen molar-refractivity contribution in [3.05, 3.63) is 35.4 Å². The standard InChI is InChI=1S/C15H24N2O/c1-12-4-6-13(7-5-12)8-17-9-14(10-18)16-11-15(17,2)3/h4-7,14,16,18H,8-11H2,1-3H3. The maximum Gasteiger partial charge on any atom is 0.0597 e. The van der Waals surface area contributed by atoms with E-state index in [1.807, 2.05) is 0 Å². The third-order valence-corrected chi connectivity index (χ3v) is 3.83. The molecule has 1 unspecified atom stereocenters. The molecular weight excluding hydrogens is 224 g/mol. The normalized spacial score (nSPS) is 24.1. The quantitative estimate of drug-likeness (QED) is 0.852. The summed E-state index contributed by atoms with van der Waals surface area (Å²) in [5.41, 5.74) is 2.77. The summed E-state index contributed by atoms with van der Waals surface area (Å²) in [6, 6.07) is 8.91. The number of hydrogen-bond donors (Lipinski definition) is 2. The molecule has 0 bridgehead atoms. The van der Waals surface area contributed by atoms with Gasteiger partial charge in [-0.3, -0.25) is 4.90 Å². The van der Waals surface area contributed by atoms with Crippen LogP contribution in [-0.4, -0.2) is 41.3 Å². The summed E-state index contributed by atoms with van der Waals surface area (Å²) in [4.78, 5) is 2.45. The van der Waals surface area contributed by atoms with Gasteiger partial charge in [0, 0.05) is 31.2 Å². The van der Waals surface area contributed by atoms with Crippen molar-refractivity contribution >= 4 is 0 Å². The second-order valence-corrected chi connectivity index (χ2v) is 5.94. The first-order chi connectivity index (χ1) is 8.51. The van der Waals surface area contributed by atoms with E-state index < -0.39 is 0 Å². The minimum absolute atomic E-state index is 0.135. The number of aliphatic hydroxyl groups excluding tert-OH is 1. The summed E-state index contributed by atoms with van der Waals surface area (Å²) in [5.74, 6) is 0. The summed E-state index contributed by atoms with van der Waals surface area (Å²) < 4.78 is 0. The maximum atomic E-state index is 9.29. The van der Waals surface area contributed by atoms with Crippen molar-refractivity contribution in [2.75, 3.05) is 19.7 Å². The van der Waals surface area contributed by atoms with E-state index in [0.29, 0.717) is 0 Å². The molecule has 0 radical (unpaired) electrons. The van der Waals surface area contributed by atoms with Crippen LogP contribution in [0.2, 0.25) is 0 Å². The summed E-state index contributed by atoms with van der Waals surface area (Å²) in [6.45, 7) is 9.59. The van der Waals surface area contributed by atoms with Crippen LogP contribution in [0.25, 0.3) is 0 Å². The summed E-state index contributed by atoms with van der Waals surface area (Å²) >= 11 is 0. The summed E-state index contributed by atoms with van der Waals surface area (Å²) in [7, 11) is 0. The lowest BCUT2D eigenvalue weighted by Gasteiger charge is -2.46. The molecule has 0 saturated carbocycles. The van der Waals surface area contributed by atoms with Crippen molar-refractivity contribution in [3.63, 3.8) is 0 Å². The fourth-order valence-corrected chi connectivity index (χ4v) is 2.40. The Morgan fingerprint density at radius 3 is 2.61 bits per heavy atom. The molecule has 0 aliphatic carbocycles. The van der Waals surface area contributed by atoms with Crippen LogP contribution in [-0.2, 0) is 6.54 Å². The average molecular weight is 248 g/mol. The van der Waals surface area contributed by atoms with Crippen molar-refractivity contribution in [1.29, 1.82) is 0 Å². The van der Waals surface area contributed by atoms with Crippen LogP contribution in [0.1, 0.15) is 25.0 Å². The van der Waals surface area contributed by atoms with Gasteiger partial charge in [0.1, 0.15) is 0 Å². The lowest BCUT2D eigenvalue weighted by atomic mass is 9.96. The highest BCUT2D eigenvalue weighted by atomic mass is 16.3. The molecule has 1 aliphatic rings. The van der Waals surface area contributed by atoms with E-state index >= 15 is 0 Å². The van der Waals surface area contributed by atoms with E-state index in [4.69, 9.17) is 0 Å². The minimum atomic E-state index is 0.135. The highest BCUT2D eigenvalue weighted by Gasteiger charge is 2.33. The molecule has 2 rings (SSSR count). The van der Waals surface area contributed by atoms with Gasteiger partial charge < -0.3 is 10.4 Å². The topological polar surface area (TPSA) is 35.5 Å². The van der Waals surface area contributed by atoms with E-state index in [0.717, 1.165) is 19.6 Å². The monoisotopic (exact) mass is 248 g/mol. The Hall–Kier alpha value is -0.900. The van der Waals surface area contributed by atoms with Gasteiger partial charge in [-0.25, -0.2) is 0 Å². The van der Waals surface area contributed by atoms with E-state index in [9.17, 15) is 5.11 Å². The second kappa shape index (κ2) is 5.39. The number of rotatable bonds is 3. The van der Waals surface area contributed by atoms with Gasteiger partial charge in [-0.2, -0.15) is 0 Å². The van der Waals surface area contributed by atoms with E-state index in [1.165, 1.54) is 11.1 Å². The van der Waals surface area contributed by atoms with Gasteiger partial charge in [0.2, 0.25) is 0 Å². The third-order valence-electron chi connectivity index (χ3n) is 3.83. The molecule has 1 saturated heterocycles. The van der Waals surface area contributed by atoms with Gasteiger partial charge in [0.25, 0.3) is 0 Å². The zero-order valence-electron chi connectivity index (χ0n) is 11.6. The Labute approximate surface area is 110 Å². The van der Waals surface area contributed by atoms with Gasteiger partial charge >= 0.3 is 0 Å². The van der Waals surface area contributed by atoms with E-state index in [2.05, 4.69) is 55.3 Å². The molecule has 0 amide bonds. The third kappa shape index (κ3) is 3.10. The van der Waals surface area contributed by atoms with Crippen molar-refractivity contribution in [3.8, 4) is 0 Å². The molecule has 1 fully saturated rings. The molecule has 1 aromatic rings. The Balaban J connectivity index is 2.07. The number of piperazine rings is 1. The smallest absolute Gasteiger partial charge is 0.0597 e. The minimum Gasteiger partial charge on any atom is -0.395 e. The van der Waals surface area contributed by atoms with Crippen molar-refractivity contribution in [1.82, 2.24) is 10.2 Å². The first-order valence-corrected chi connectivity index (χ1v) is 6.66. The van der Waals surface area contributed by atoms with E-state index in [1.54, 1.807) is 0 Å². The Morgan fingerprint density at radius 2 is 2.00 bits per heavy atom. The molecule has 0 spiro atoms. The van der Waals surface area contributed by atoms with Crippen LogP contribution in [0, 0.1) is 6.92 Å². The van der Waals surface area contributed by atoms with Crippen LogP contribution in [0.4, 0.5) is 0 Å². The highest BCUT2D eigenvalue weighted by Crippen LogP contribution is 2.21. The molecule has 2 N–H and O–H groups in total. The molecule has 1 heterocycles. The highest BCUT2D eigenvalue weighted by molar-refractivity contribution is 5.21. The molecule has 3 heteroatoms. The SMILES string of the molecule is Cc1ccc(CN2CC(CO)NCC2(C)C)cc1. The first kappa shape index (κ1) is 13.5. The van der Waals surface area contributed by atoms with Gasteiger partial charge in [0.15, 0.2) is 0 Å². The van der Waals surface area contributed by atoms with Gasteiger partial charge in [-0.1, -0.05) is 29.8 Å².